The number of carbonyl (C=O) groups is 2. The zero-order valence-electron chi connectivity index (χ0n) is 12.6. The zero-order valence-corrected chi connectivity index (χ0v) is 13.4. The minimum Gasteiger partial charge on any atom is -0.496 e. The first-order valence-corrected chi connectivity index (χ1v) is 7.45. The van der Waals surface area contributed by atoms with Crippen LogP contribution in [0.5, 0.6) is 5.75 Å². The SMILES string of the molecule is COc1ccccc1C(=O)NCCNC(=O)c1ccccc1Cl. The first-order chi connectivity index (χ1) is 11.1. The number of amides is 2. The van der Waals surface area contributed by atoms with Crippen LogP contribution in [0.4, 0.5) is 0 Å². The van der Waals surface area contributed by atoms with Crippen molar-refractivity contribution in [3.05, 3.63) is 64.7 Å². The van der Waals surface area contributed by atoms with Crippen LogP contribution in [0.3, 0.4) is 0 Å². The van der Waals surface area contributed by atoms with Crippen molar-refractivity contribution in [3.63, 3.8) is 0 Å². The number of rotatable bonds is 6. The number of nitrogens with one attached hydrogen (secondary N) is 2. The highest BCUT2D eigenvalue weighted by atomic mass is 35.5. The number of halogens is 1. The standard InChI is InChI=1S/C17H17ClN2O3/c1-23-15-9-5-3-7-13(15)17(22)20-11-10-19-16(21)12-6-2-4-8-14(12)18/h2-9H,10-11H2,1H3,(H,19,21)(H,20,22). The van der Waals surface area contributed by atoms with Crippen LogP contribution in [-0.2, 0) is 0 Å². The number of methoxy groups -OCH3 is 1. The molecule has 2 aromatic carbocycles. The molecule has 0 atom stereocenters. The molecule has 2 amide bonds. The smallest absolute Gasteiger partial charge is 0.255 e. The summed E-state index contributed by atoms with van der Waals surface area (Å²) in [5.74, 6) is -0.0262. The molecule has 0 saturated carbocycles. The Balaban J connectivity index is 1.82. The number of hydrogen-bond donors (Lipinski definition) is 2. The molecule has 2 rings (SSSR count). The van der Waals surface area contributed by atoms with Gasteiger partial charge in [0, 0.05) is 13.1 Å². The van der Waals surface area contributed by atoms with Crippen molar-refractivity contribution in [3.8, 4) is 5.75 Å². The van der Waals surface area contributed by atoms with Crippen LogP contribution in [0, 0.1) is 0 Å². The lowest BCUT2D eigenvalue weighted by molar-refractivity contribution is 0.0926. The molecule has 5 nitrogen and oxygen atoms in total. The van der Waals surface area contributed by atoms with Gasteiger partial charge < -0.3 is 15.4 Å². The molecule has 6 heteroatoms. The van der Waals surface area contributed by atoms with Gasteiger partial charge in [-0.2, -0.15) is 0 Å². The lowest BCUT2D eigenvalue weighted by Gasteiger charge is -2.10. The molecular weight excluding hydrogens is 316 g/mol. The number of carbonyl (C=O) groups excluding carboxylic acids is 2. The van der Waals surface area contributed by atoms with Crippen LogP contribution >= 0.6 is 11.6 Å². The van der Waals surface area contributed by atoms with E-state index in [0.717, 1.165) is 0 Å². The molecular formula is C17H17ClN2O3. The van der Waals surface area contributed by atoms with Crippen molar-refractivity contribution in [2.45, 2.75) is 0 Å². The van der Waals surface area contributed by atoms with Crippen molar-refractivity contribution in [1.29, 1.82) is 0 Å². The average Bonchev–Trinajstić information content (AvgIpc) is 2.58. The Morgan fingerprint density at radius 1 is 0.913 bits per heavy atom. The van der Waals surface area contributed by atoms with E-state index in [1.165, 1.54) is 7.11 Å². The van der Waals surface area contributed by atoms with Crippen LogP contribution in [0.15, 0.2) is 48.5 Å². The van der Waals surface area contributed by atoms with E-state index >= 15 is 0 Å². The molecule has 0 aliphatic heterocycles. The Kier molecular flexibility index (Phi) is 6.00. The van der Waals surface area contributed by atoms with Gasteiger partial charge in [-0.3, -0.25) is 9.59 Å². The number of hydrogen-bond acceptors (Lipinski definition) is 3. The van der Waals surface area contributed by atoms with Crippen molar-refractivity contribution >= 4 is 23.4 Å². The van der Waals surface area contributed by atoms with Gasteiger partial charge in [-0.25, -0.2) is 0 Å². The van der Waals surface area contributed by atoms with Gasteiger partial charge in [0.25, 0.3) is 11.8 Å². The van der Waals surface area contributed by atoms with E-state index in [9.17, 15) is 9.59 Å². The summed E-state index contributed by atoms with van der Waals surface area (Å²) in [5, 5.41) is 5.83. The third-order valence-electron chi connectivity index (χ3n) is 3.17. The van der Waals surface area contributed by atoms with Gasteiger partial charge in [0.1, 0.15) is 5.75 Å². The van der Waals surface area contributed by atoms with Gasteiger partial charge in [-0.05, 0) is 24.3 Å². The van der Waals surface area contributed by atoms with Gasteiger partial charge in [-0.15, -0.1) is 0 Å². The predicted octanol–water partition coefficient (Wildman–Crippen LogP) is 2.51. The monoisotopic (exact) mass is 332 g/mol. The van der Waals surface area contributed by atoms with Gasteiger partial charge >= 0.3 is 0 Å². The first-order valence-electron chi connectivity index (χ1n) is 7.07. The van der Waals surface area contributed by atoms with Gasteiger partial charge in [0.05, 0.1) is 23.3 Å². The van der Waals surface area contributed by atoms with Crippen molar-refractivity contribution in [2.24, 2.45) is 0 Å². The van der Waals surface area contributed by atoms with E-state index in [0.29, 0.717) is 35.0 Å². The molecule has 0 aliphatic rings. The second-order valence-electron chi connectivity index (χ2n) is 4.69. The highest BCUT2D eigenvalue weighted by molar-refractivity contribution is 6.33. The number of para-hydroxylation sites is 1. The highest BCUT2D eigenvalue weighted by Gasteiger charge is 2.11. The highest BCUT2D eigenvalue weighted by Crippen LogP contribution is 2.16. The van der Waals surface area contributed by atoms with Crippen molar-refractivity contribution in [1.82, 2.24) is 10.6 Å². The molecule has 0 fully saturated rings. The van der Waals surface area contributed by atoms with Gasteiger partial charge in [-0.1, -0.05) is 35.9 Å². The topological polar surface area (TPSA) is 67.4 Å². The fraction of sp³-hybridized carbons (Fsp3) is 0.176. The Labute approximate surface area is 139 Å². The molecule has 0 aromatic heterocycles. The molecule has 0 aliphatic carbocycles. The van der Waals surface area contributed by atoms with Crippen LogP contribution in [-0.4, -0.2) is 32.0 Å². The van der Waals surface area contributed by atoms with Crippen molar-refractivity contribution < 1.29 is 14.3 Å². The molecule has 0 unspecified atom stereocenters. The summed E-state index contributed by atoms with van der Waals surface area (Å²) in [7, 11) is 1.51. The van der Waals surface area contributed by atoms with Crippen LogP contribution < -0.4 is 15.4 Å². The summed E-state index contributed by atoms with van der Waals surface area (Å²) in [6.07, 6.45) is 0. The zero-order chi connectivity index (χ0) is 16.7. The second-order valence-corrected chi connectivity index (χ2v) is 5.10. The average molecular weight is 333 g/mol. The maximum absolute atomic E-state index is 12.1. The molecule has 2 aromatic rings. The lowest BCUT2D eigenvalue weighted by Crippen LogP contribution is -2.34. The van der Waals surface area contributed by atoms with E-state index in [-0.39, 0.29) is 11.8 Å². The van der Waals surface area contributed by atoms with E-state index in [2.05, 4.69) is 10.6 Å². The Bertz CT molecular complexity index is 704. The van der Waals surface area contributed by atoms with E-state index < -0.39 is 0 Å². The minimum atomic E-state index is -0.276. The van der Waals surface area contributed by atoms with Crippen LogP contribution in [0.1, 0.15) is 20.7 Å². The second kappa shape index (κ2) is 8.19. The molecule has 0 saturated heterocycles. The quantitative estimate of drug-likeness (QED) is 0.799. The molecule has 23 heavy (non-hydrogen) atoms. The molecule has 0 spiro atoms. The summed E-state index contributed by atoms with van der Waals surface area (Å²) in [6, 6.07) is 13.7. The van der Waals surface area contributed by atoms with E-state index in [1.54, 1.807) is 48.5 Å². The fourth-order valence-corrected chi connectivity index (χ4v) is 2.24. The maximum atomic E-state index is 12.1. The molecule has 0 bridgehead atoms. The molecule has 120 valence electrons. The fourth-order valence-electron chi connectivity index (χ4n) is 2.02. The maximum Gasteiger partial charge on any atom is 0.255 e. The normalized spacial score (nSPS) is 10.0. The molecule has 0 radical (unpaired) electrons. The van der Waals surface area contributed by atoms with Crippen molar-refractivity contribution in [2.75, 3.05) is 20.2 Å². The van der Waals surface area contributed by atoms with Gasteiger partial charge in [0.15, 0.2) is 0 Å². The molecule has 0 heterocycles. The Morgan fingerprint density at radius 2 is 1.43 bits per heavy atom. The Hall–Kier alpha value is -2.53. The van der Waals surface area contributed by atoms with E-state index in [1.807, 2.05) is 0 Å². The third-order valence-corrected chi connectivity index (χ3v) is 3.50. The first kappa shape index (κ1) is 16.8. The lowest BCUT2D eigenvalue weighted by atomic mass is 10.2. The third kappa shape index (κ3) is 4.47. The largest absolute Gasteiger partial charge is 0.496 e. The summed E-state index contributed by atoms with van der Waals surface area (Å²) in [5.41, 5.74) is 0.859. The summed E-state index contributed by atoms with van der Waals surface area (Å²) in [6.45, 7) is 0.595. The van der Waals surface area contributed by atoms with Gasteiger partial charge in [0.2, 0.25) is 0 Å². The predicted molar refractivity (Wildman–Crippen MR) is 89.1 cm³/mol. The Morgan fingerprint density at radius 3 is 2.04 bits per heavy atom. The minimum absolute atomic E-state index is 0.255. The van der Waals surface area contributed by atoms with Crippen LogP contribution in [0.25, 0.3) is 0 Å². The molecule has 2 N–H and O–H groups in total. The van der Waals surface area contributed by atoms with Crippen LogP contribution in [0.2, 0.25) is 5.02 Å². The summed E-state index contributed by atoms with van der Waals surface area (Å²) in [4.78, 5) is 24.0. The summed E-state index contributed by atoms with van der Waals surface area (Å²) < 4.78 is 5.14. The summed E-state index contributed by atoms with van der Waals surface area (Å²) >= 11 is 5.95. The number of ether oxygens (including phenoxy) is 1. The van der Waals surface area contributed by atoms with E-state index in [4.69, 9.17) is 16.3 Å². The number of benzene rings is 2.